The summed E-state index contributed by atoms with van der Waals surface area (Å²) in [7, 11) is 1.40. The molecule has 8 N–H and O–H groups in total. The Bertz CT molecular complexity index is 1710. The lowest BCUT2D eigenvalue weighted by molar-refractivity contribution is -0.265. The maximum atomic E-state index is 14.7. The van der Waals surface area contributed by atoms with Crippen LogP contribution in [0.25, 0.3) is 17.3 Å². The van der Waals surface area contributed by atoms with Crippen molar-refractivity contribution >= 4 is 17.7 Å². The third-order valence-corrected chi connectivity index (χ3v) is 8.03. The van der Waals surface area contributed by atoms with Crippen molar-refractivity contribution in [3.05, 3.63) is 64.5 Å². The number of hydrogen-bond donors (Lipinski definition) is 7. The van der Waals surface area contributed by atoms with Crippen molar-refractivity contribution in [2.24, 2.45) is 11.7 Å². The zero-order valence-electron chi connectivity index (χ0n) is 23.7. The van der Waals surface area contributed by atoms with Gasteiger partial charge in [0.2, 0.25) is 5.60 Å². The molecule has 0 bridgehead atoms. The normalized spacial score (nSPS) is 20.2. The molecule has 6 rings (SSSR count). The van der Waals surface area contributed by atoms with Crippen molar-refractivity contribution in [1.82, 2.24) is 15.7 Å². The molecule has 1 aromatic heterocycles. The zero-order valence-corrected chi connectivity index (χ0v) is 23.7. The zero-order chi connectivity index (χ0) is 31.6. The first-order chi connectivity index (χ1) is 20.7. The van der Waals surface area contributed by atoms with Gasteiger partial charge in [-0.2, -0.15) is 13.2 Å². The quantitative estimate of drug-likeness (QED) is 0.195. The van der Waals surface area contributed by atoms with Gasteiger partial charge < -0.3 is 41.3 Å². The van der Waals surface area contributed by atoms with Crippen LogP contribution in [0.4, 0.5) is 18.9 Å². The van der Waals surface area contributed by atoms with Crippen LogP contribution in [-0.4, -0.2) is 52.6 Å². The van der Waals surface area contributed by atoms with Crippen LogP contribution in [0.15, 0.2) is 42.1 Å². The van der Waals surface area contributed by atoms with Crippen molar-refractivity contribution < 1.29 is 42.8 Å². The average molecular weight is 614 g/mol. The number of pyridine rings is 1. The molecule has 1 saturated carbocycles. The van der Waals surface area contributed by atoms with Crippen LogP contribution < -0.4 is 31.4 Å². The van der Waals surface area contributed by atoms with Gasteiger partial charge in [-0.05, 0) is 62.2 Å². The van der Waals surface area contributed by atoms with Crippen LogP contribution in [0.5, 0.6) is 23.0 Å². The highest BCUT2D eigenvalue weighted by molar-refractivity contribution is 5.97. The summed E-state index contributed by atoms with van der Waals surface area (Å²) >= 11 is 0. The van der Waals surface area contributed by atoms with Crippen molar-refractivity contribution in [3.8, 4) is 34.3 Å². The van der Waals surface area contributed by atoms with Crippen molar-refractivity contribution in [3.63, 3.8) is 0 Å². The van der Waals surface area contributed by atoms with Crippen molar-refractivity contribution in [2.75, 3.05) is 25.7 Å². The lowest BCUT2D eigenvalue weighted by Crippen LogP contribution is -2.51. The fraction of sp³-hybridized carbons (Fsp3) is 0.333. The van der Waals surface area contributed by atoms with Gasteiger partial charge in [0, 0.05) is 33.9 Å². The molecular weight excluding hydrogens is 583 g/mol. The van der Waals surface area contributed by atoms with Crippen molar-refractivity contribution in [2.45, 2.75) is 37.1 Å². The number of aliphatic hydroxyl groups is 1. The number of amides is 1. The van der Waals surface area contributed by atoms with Crippen LogP contribution in [-0.2, 0) is 11.1 Å². The van der Waals surface area contributed by atoms with Crippen LogP contribution in [0.3, 0.4) is 0 Å². The maximum absolute atomic E-state index is 14.7. The van der Waals surface area contributed by atoms with Gasteiger partial charge in [-0.3, -0.25) is 10.2 Å². The second-order valence-electron chi connectivity index (χ2n) is 11.4. The number of hydrazine groups is 1. The number of phenolic OH excluding ortho intramolecular Hbond substituents is 2. The number of phenols is 2. The molecule has 0 spiro atoms. The number of hydrogen-bond acceptors (Lipinski definition) is 10. The van der Waals surface area contributed by atoms with Gasteiger partial charge in [0.1, 0.15) is 23.7 Å². The molecular formula is C30H30F3N5O6. The smallest absolute Gasteiger partial charge is 0.424 e. The number of ether oxygens (including phenoxy) is 2. The van der Waals surface area contributed by atoms with Gasteiger partial charge in [0.05, 0.1) is 24.9 Å². The summed E-state index contributed by atoms with van der Waals surface area (Å²) in [6.45, 7) is 0.172. The van der Waals surface area contributed by atoms with Gasteiger partial charge >= 0.3 is 6.18 Å². The minimum absolute atomic E-state index is 0.0188. The molecule has 1 amide bonds. The number of anilines is 1. The Balaban J connectivity index is 1.37. The van der Waals surface area contributed by atoms with Gasteiger partial charge in [-0.15, -0.1) is 0 Å². The second kappa shape index (κ2) is 10.2. The Hall–Kier alpha value is -4.69. The third-order valence-electron chi connectivity index (χ3n) is 8.03. The molecule has 0 radical (unpaired) electrons. The maximum Gasteiger partial charge on any atom is 0.424 e. The molecule has 232 valence electrons. The number of nitrogens with one attached hydrogen (secondary N) is 3. The summed E-state index contributed by atoms with van der Waals surface area (Å²) in [5.74, 6) is -1.16. The number of fused-ring (bicyclic) bond motifs is 2. The van der Waals surface area contributed by atoms with E-state index in [4.69, 9.17) is 15.2 Å². The Morgan fingerprint density at radius 3 is 2.59 bits per heavy atom. The third kappa shape index (κ3) is 4.99. The van der Waals surface area contributed by atoms with E-state index in [1.807, 2.05) is 6.08 Å². The number of allylic oxidation sites excluding steroid dienone is 1. The first-order valence-electron chi connectivity index (χ1n) is 13.7. The molecule has 3 aliphatic rings. The number of carbonyl (C=O) groups is 1. The molecule has 44 heavy (non-hydrogen) atoms. The summed E-state index contributed by atoms with van der Waals surface area (Å²) in [5, 5.41) is 33.3. The Morgan fingerprint density at radius 1 is 1.18 bits per heavy atom. The van der Waals surface area contributed by atoms with E-state index in [0.717, 1.165) is 36.7 Å². The Labute approximate surface area is 249 Å². The summed E-state index contributed by atoms with van der Waals surface area (Å²) < 4.78 is 55.2. The molecule has 1 aliphatic carbocycles. The fourth-order valence-electron chi connectivity index (χ4n) is 5.26. The second-order valence-corrected chi connectivity index (χ2v) is 11.4. The predicted octanol–water partition coefficient (Wildman–Crippen LogP) is 3.60. The monoisotopic (exact) mass is 613 g/mol. The summed E-state index contributed by atoms with van der Waals surface area (Å²) in [6.07, 6.45) is -1.40. The van der Waals surface area contributed by atoms with E-state index in [0.29, 0.717) is 22.9 Å². The van der Waals surface area contributed by atoms with Gasteiger partial charge in [-0.1, -0.05) is 0 Å². The summed E-state index contributed by atoms with van der Waals surface area (Å²) in [4.78, 5) is 17.4. The molecule has 3 heterocycles. The number of carbonyl (C=O) groups excluding carboxylic acids is 1. The van der Waals surface area contributed by atoms with Crippen LogP contribution in [0, 0.1) is 5.92 Å². The predicted molar refractivity (Wildman–Crippen MR) is 153 cm³/mol. The van der Waals surface area contributed by atoms with E-state index in [1.54, 1.807) is 6.92 Å². The van der Waals surface area contributed by atoms with Crippen LogP contribution >= 0.6 is 0 Å². The fourth-order valence-corrected chi connectivity index (χ4v) is 5.26. The van der Waals surface area contributed by atoms with E-state index in [9.17, 15) is 33.3 Å². The lowest BCUT2D eigenvalue weighted by atomic mass is 9.89. The molecule has 0 saturated heterocycles. The summed E-state index contributed by atoms with van der Waals surface area (Å²) in [6, 6.07) is 7.48. The van der Waals surface area contributed by atoms with E-state index in [-0.39, 0.29) is 34.7 Å². The highest BCUT2D eigenvalue weighted by Crippen LogP contribution is 2.47. The van der Waals surface area contributed by atoms with Crippen LogP contribution in [0.1, 0.15) is 46.9 Å². The molecule has 2 atom stereocenters. The number of alkyl halides is 3. The number of nitrogens with two attached hydrogens (primary N) is 1. The Morgan fingerprint density at radius 2 is 1.93 bits per heavy atom. The number of rotatable bonds is 7. The Kier molecular flexibility index (Phi) is 6.81. The van der Waals surface area contributed by atoms with E-state index >= 15 is 0 Å². The highest BCUT2D eigenvalue weighted by Gasteiger charge is 2.57. The van der Waals surface area contributed by atoms with E-state index < -0.39 is 47.0 Å². The minimum Gasteiger partial charge on any atom is -0.504 e. The molecule has 1 fully saturated rings. The molecule has 2 aliphatic heterocycles. The largest absolute Gasteiger partial charge is 0.504 e. The highest BCUT2D eigenvalue weighted by atomic mass is 19.4. The minimum atomic E-state index is -5.30. The molecule has 2 aromatic carbocycles. The van der Waals surface area contributed by atoms with E-state index in [2.05, 4.69) is 21.2 Å². The van der Waals surface area contributed by atoms with Crippen LogP contribution in [0.2, 0.25) is 0 Å². The number of methoxy groups -OCH3 is 1. The number of nitrogens with zero attached hydrogens (tertiary/aromatic N) is 1. The topological polar surface area (TPSA) is 171 Å². The standard InChI is InChI=1S/C30H30F3N5O6/c1-28(34)13-44-26-18(28)11-23(36-25(26)15-5-6-20(39)21(40)9-15)29(42,30(31,32)33)12-35-27(41)17-7-16-8-19(14-3-4-14)37-38-24(16)22(10-17)43-2/h5-11,14,37-40,42H,3-4,12-13,34H2,1-2H3,(H,35,41)/t28-,29-/m0/s1. The van der Waals surface area contributed by atoms with Gasteiger partial charge in [0.25, 0.3) is 5.91 Å². The summed E-state index contributed by atoms with van der Waals surface area (Å²) in [5.41, 5.74) is 8.97. The molecule has 11 nitrogen and oxygen atoms in total. The number of aromatic hydroxyl groups is 2. The van der Waals surface area contributed by atoms with Crippen molar-refractivity contribution in [1.29, 1.82) is 0 Å². The first kappa shape index (κ1) is 29.4. The lowest BCUT2D eigenvalue weighted by Gasteiger charge is -2.31. The SMILES string of the molecule is COc1cc(C(=O)NC[C@](O)(c2cc3c(c(-c4ccc(O)c(O)c4)n2)OC[C@]3(C)N)C(F)(F)F)cc2c1NNC(C1CC1)=C2. The molecule has 3 aromatic rings. The van der Waals surface area contributed by atoms with Gasteiger partial charge in [-0.25, -0.2) is 4.98 Å². The number of halogens is 3. The number of aromatic nitrogens is 1. The number of benzene rings is 2. The molecule has 0 unspecified atom stereocenters. The van der Waals surface area contributed by atoms with E-state index in [1.165, 1.54) is 25.3 Å². The molecule has 14 heteroatoms. The average Bonchev–Trinajstić information content (AvgIpc) is 3.79. The first-order valence-corrected chi connectivity index (χ1v) is 13.7. The van der Waals surface area contributed by atoms with Gasteiger partial charge in [0.15, 0.2) is 17.2 Å².